The van der Waals surface area contributed by atoms with Crippen LogP contribution in [0.4, 0.5) is 11.4 Å². The zero-order chi connectivity index (χ0) is 20.2. The molecule has 0 aliphatic rings. The minimum atomic E-state index is -3.79. The van der Waals surface area contributed by atoms with Crippen molar-refractivity contribution in [3.63, 3.8) is 0 Å². The summed E-state index contributed by atoms with van der Waals surface area (Å²) in [5, 5.41) is 11.3. The molecule has 8 heteroatoms. The number of anilines is 1. The highest BCUT2D eigenvalue weighted by Crippen LogP contribution is 2.29. The van der Waals surface area contributed by atoms with Crippen LogP contribution in [0, 0.1) is 17.0 Å². The van der Waals surface area contributed by atoms with E-state index in [-0.39, 0.29) is 28.6 Å². The van der Waals surface area contributed by atoms with Gasteiger partial charge >= 0.3 is 0 Å². The van der Waals surface area contributed by atoms with Crippen LogP contribution in [0.15, 0.2) is 60.0 Å². The van der Waals surface area contributed by atoms with Gasteiger partial charge in [-0.05, 0) is 31.2 Å². The highest BCUT2D eigenvalue weighted by Gasteiger charge is 2.24. The van der Waals surface area contributed by atoms with Gasteiger partial charge < -0.3 is 4.90 Å². The molecule has 0 unspecified atom stereocenters. The first kappa shape index (κ1) is 20.3. The molecule has 0 aromatic heterocycles. The highest BCUT2D eigenvalue weighted by molar-refractivity contribution is 7.90. The number of hydrogen-bond acceptors (Lipinski definition) is 5. The van der Waals surface area contributed by atoms with Crippen LogP contribution in [-0.4, -0.2) is 25.8 Å². The second-order valence-electron chi connectivity index (χ2n) is 6.06. The fourth-order valence-corrected chi connectivity index (χ4v) is 3.97. The van der Waals surface area contributed by atoms with E-state index in [1.54, 1.807) is 12.1 Å². The van der Waals surface area contributed by atoms with Crippen molar-refractivity contribution >= 4 is 27.1 Å². The van der Waals surface area contributed by atoms with Crippen LogP contribution in [-0.2, 0) is 20.4 Å². The molecule has 0 atom stereocenters. The van der Waals surface area contributed by atoms with E-state index in [1.807, 2.05) is 6.92 Å². The summed E-state index contributed by atoms with van der Waals surface area (Å²) in [6.45, 7) is 6.98. The molecular weight excluding hydrogens is 368 g/mol. The average molecular weight is 388 g/mol. The Labute approximate surface area is 158 Å². The first-order valence-corrected chi connectivity index (χ1v) is 9.76. The van der Waals surface area contributed by atoms with E-state index in [1.165, 1.54) is 48.2 Å². The molecule has 0 aliphatic heterocycles. The van der Waals surface area contributed by atoms with E-state index < -0.39 is 20.5 Å². The molecule has 27 heavy (non-hydrogen) atoms. The molecule has 0 spiro atoms. The molecule has 0 heterocycles. The molecule has 0 radical (unpaired) electrons. The Morgan fingerprint density at radius 3 is 2.37 bits per heavy atom. The van der Waals surface area contributed by atoms with E-state index in [2.05, 4.69) is 6.58 Å². The zero-order valence-corrected chi connectivity index (χ0v) is 15.9. The third kappa shape index (κ3) is 4.79. The second-order valence-corrected chi connectivity index (χ2v) is 8.05. The number of carbonyl (C=O) groups excluding carboxylic acids is 1. The van der Waals surface area contributed by atoms with Crippen molar-refractivity contribution in [2.75, 3.05) is 11.4 Å². The van der Waals surface area contributed by atoms with Gasteiger partial charge in [0.2, 0.25) is 5.91 Å². The molecule has 2 rings (SSSR count). The molecule has 0 saturated carbocycles. The molecule has 2 aromatic rings. The molecule has 0 fully saturated rings. The summed E-state index contributed by atoms with van der Waals surface area (Å²) in [5.41, 5.74) is 0.996. The summed E-state index contributed by atoms with van der Waals surface area (Å²) in [7, 11) is -3.79. The van der Waals surface area contributed by atoms with Gasteiger partial charge in [-0.25, -0.2) is 8.42 Å². The van der Waals surface area contributed by atoms with Gasteiger partial charge in [0.15, 0.2) is 9.84 Å². The largest absolute Gasteiger partial charge is 0.309 e. The molecule has 0 N–H and O–H groups in total. The summed E-state index contributed by atoms with van der Waals surface area (Å²) >= 11 is 0. The van der Waals surface area contributed by atoms with Crippen LogP contribution in [0.5, 0.6) is 0 Å². The van der Waals surface area contributed by atoms with Crippen molar-refractivity contribution in [1.29, 1.82) is 0 Å². The number of nitro benzene ring substituents is 1. The molecule has 2 aromatic carbocycles. The number of hydrogen-bond donors (Lipinski definition) is 0. The lowest BCUT2D eigenvalue weighted by Crippen LogP contribution is -2.28. The third-order valence-corrected chi connectivity index (χ3v) is 5.67. The standard InChI is InChI=1S/C19H20N2O5S/c1-4-11-20(15(3)22)17-7-10-19(21(23)24)16(12-17)13-27(25,26)18-8-5-14(2)6-9-18/h4-10,12H,1,11,13H2,2-3H3. The van der Waals surface area contributed by atoms with Crippen LogP contribution >= 0.6 is 0 Å². The van der Waals surface area contributed by atoms with Gasteiger partial charge in [-0.3, -0.25) is 14.9 Å². The van der Waals surface area contributed by atoms with E-state index in [4.69, 9.17) is 0 Å². The predicted molar refractivity (Wildman–Crippen MR) is 103 cm³/mol. The van der Waals surface area contributed by atoms with Gasteiger partial charge in [-0.2, -0.15) is 0 Å². The van der Waals surface area contributed by atoms with Gasteiger partial charge in [0.25, 0.3) is 5.69 Å². The smallest absolute Gasteiger partial charge is 0.273 e. The number of nitrogens with zero attached hydrogens (tertiary/aromatic N) is 2. The van der Waals surface area contributed by atoms with E-state index in [9.17, 15) is 23.3 Å². The SMILES string of the molecule is C=CCN(C(C)=O)c1ccc([N+](=O)[O-])c(CS(=O)(=O)c2ccc(C)cc2)c1. The Morgan fingerprint density at radius 1 is 1.22 bits per heavy atom. The number of rotatable bonds is 7. The fourth-order valence-electron chi connectivity index (χ4n) is 2.61. The number of nitro groups is 1. The first-order chi connectivity index (χ1) is 12.7. The van der Waals surface area contributed by atoms with Crippen molar-refractivity contribution in [3.8, 4) is 0 Å². The monoisotopic (exact) mass is 388 g/mol. The Morgan fingerprint density at radius 2 is 1.85 bits per heavy atom. The number of sulfone groups is 1. The third-order valence-electron chi connectivity index (χ3n) is 3.99. The lowest BCUT2D eigenvalue weighted by atomic mass is 10.1. The van der Waals surface area contributed by atoms with Crippen molar-refractivity contribution in [2.24, 2.45) is 0 Å². The second kappa shape index (κ2) is 8.13. The van der Waals surface area contributed by atoms with Gasteiger partial charge in [-0.15, -0.1) is 6.58 Å². The summed E-state index contributed by atoms with van der Waals surface area (Å²) in [4.78, 5) is 24.0. The van der Waals surface area contributed by atoms with E-state index in [0.29, 0.717) is 5.69 Å². The Bertz CT molecular complexity index is 982. The zero-order valence-electron chi connectivity index (χ0n) is 15.1. The molecule has 142 valence electrons. The molecule has 0 saturated heterocycles. The van der Waals surface area contributed by atoms with Gasteiger partial charge in [0.05, 0.1) is 15.6 Å². The van der Waals surface area contributed by atoms with E-state index >= 15 is 0 Å². The van der Waals surface area contributed by atoms with Crippen molar-refractivity contribution < 1.29 is 18.1 Å². The van der Waals surface area contributed by atoms with Crippen LogP contribution in [0.3, 0.4) is 0 Å². The number of benzene rings is 2. The highest BCUT2D eigenvalue weighted by atomic mass is 32.2. The summed E-state index contributed by atoms with van der Waals surface area (Å²) in [6.07, 6.45) is 1.52. The fraction of sp³-hybridized carbons (Fsp3) is 0.211. The maximum Gasteiger partial charge on any atom is 0.273 e. The molecule has 0 aliphatic carbocycles. The lowest BCUT2D eigenvalue weighted by Gasteiger charge is -2.20. The van der Waals surface area contributed by atoms with Crippen LogP contribution in [0.25, 0.3) is 0 Å². The molecule has 7 nitrogen and oxygen atoms in total. The lowest BCUT2D eigenvalue weighted by molar-refractivity contribution is -0.385. The van der Waals surface area contributed by atoms with E-state index in [0.717, 1.165) is 5.56 Å². The number of amides is 1. The molecule has 0 bridgehead atoms. The number of carbonyl (C=O) groups is 1. The quantitative estimate of drug-likeness (QED) is 0.411. The van der Waals surface area contributed by atoms with Crippen LogP contribution in [0.1, 0.15) is 18.1 Å². The average Bonchev–Trinajstić information content (AvgIpc) is 2.59. The maximum absolute atomic E-state index is 12.7. The summed E-state index contributed by atoms with van der Waals surface area (Å²) in [6, 6.07) is 10.3. The van der Waals surface area contributed by atoms with Gasteiger partial charge in [0.1, 0.15) is 0 Å². The summed E-state index contributed by atoms with van der Waals surface area (Å²) in [5.74, 6) is -0.823. The maximum atomic E-state index is 12.7. The van der Waals surface area contributed by atoms with Crippen LogP contribution in [0.2, 0.25) is 0 Å². The molecular formula is C19H20N2O5S. The van der Waals surface area contributed by atoms with Crippen molar-refractivity contribution in [3.05, 3.63) is 76.4 Å². The first-order valence-electron chi connectivity index (χ1n) is 8.11. The summed E-state index contributed by atoms with van der Waals surface area (Å²) < 4.78 is 25.4. The Balaban J connectivity index is 2.51. The van der Waals surface area contributed by atoms with Gasteiger partial charge in [0, 0.05) is 30.8 Å². The van der Waals surface area contributed by atoms with Crippen molar-refractivity contribution in [2.45, 2.75) is 24.5 Å². The Kier molecular flexibility index (Phi) is 6.12. The Hall–Kier alpha value is -3.00. The minimum Gasteiger partial charge on any atom is -0.309 e. The predicted octanol–water partition coefficient (Wildman–Crippen LogP) is 3.42. The van der Waals surface area contributed by atoms with Crippen molar-refractivity contribution in [1.82, 2.24) is 0 Å². The minimum absolute atomic E-state index is 0.0217. The van der Waals surface area contributed by atoms with Crippen LogP contribution < -0.4 is 4.90 Å². The number of aryl methyl sites for hydroxylation is 1. The topological polar surface area (TPSA) is 97.6 Å². The normalized spacial score (nSPS) is 11.0. The van der Waals surface area contributed by atoms with Gasteiger partial charge in [-0.1, -0.05) is 23.8 Å². The molecule has 1 amide bonds.